The van der Waals surface area contributed by atoms with Crippen LogP contribution in [0.2, 0.25) is 5.02 Å². The van der Waals surface area contributed by atoms with Crippen LogP contribution in [0, 0.1) is 0 Å². The van der Waals surface area contributed by atoms with Crippen molar-refractivity contribution in [2.24, 2.45) is 7.05 Å². The normalized spacial score (nSPS) is 16.8. The minimum atomic E-state index is -0.112. The zero-order valence-corrected chi connectivity index (χ0v) is 16.3. The van der Waals surface area contributed by atoms with Crippen LogP contribution in [0.15, 0.2) is 42.7 Å². The molecule has 0 saturated carbocycles. The lowest BCUT2D eigenvalue weighted by Crippen LogP contribution is -2.49. The molecule has 2 aromatic heterocycles. The fraction of sp³-hybridized carbons (Fsp3) is 0.278. The number of piperazine rings is 1. The number of nitrogens with one attached hydrogen (secondary N) is 2. The molecule has 4 rings (SSSR count). The number of hydrogen-bond acceptors (Lipinski definition) is 4. The molecule has 1 saturated heterocycles. The van der Waals surface area contributed by atoms with E-state index >= 15 is 0 Å². The van der Waals surface area contributed by atoms with Crippen molar-refractivity contribution in [3.05, 3.63) is 59.3 Å². The van der Waals surface area contributed by atoms with Gasteiger partial charge in [-0.2, -0.15) is 5.10 Å². The van der Waals surface area contributed by atoms with Gasteiger partial charge in [-0.1, -0.05) is 23.7 Å². The largest absolute Gasteiger partial charge is 0.336 e. The van der Waals surface area contributed by atoms with Gasteiger partial charge in [0.15, 0.2) is 0 Å². The molecule has 1 amide bonds. The average molecular weight is 407 g/mol. The summed E-state index contributed by atoms with van der Waals surface area (Å²) in [7, 11) is 1.94. The number of carbonyl (C=O) groups excluding carboxylic acids is 1. The number of imidazole rings is 1. The molecule has 1 fully saturated rings. The average Bonchev–Trinajstić information content (AvgIpc) is 3.31. The van der Waals surface area contributed by atoms with Crippen LogP contribution in [0.3, 0.4) is 0 Å². The summed E-state index contributed by atoms with van der Waals surface area (Å²) < 4.78 is 1.95. The van der Waals surface area contributed by atoms with Gasteiger partial charge in [0, 0.05) is 49.7 Å². The summed E-state index contributed by atoms with van der Waals surface area (Å²) in [5, 5.41) is 11.2. The molecule has 0 bridgehead atoms. The number of aromatic nitrogens is 4. The van der Waals surface area contributed by atoms with Crippen LogP contribution >= 0.6 is 24.0 Å². The zero-order valence-electron chi connectivity index (χ0n) is 14.7. The Kier molecular flexibility index (Phi) is 5.84. The second-order valence-electron chi connectivity index (χ2n) is 6.29. The molecule has 27 heavy (non-hydrogen) atoms. The van der Waals surface area contributed by atoms with Crippen molar-refractivity contribution in [3.63, 3.8) is 0 Å². The summed E-state index contributed by atoms with van der Waals surface area (Å²) >= 11 is 5.93. The minimum absolute atomic E-state index is 0. The molecule has 142 valence electrons. The Morgan fingerprint density at radius 1 is 1.30 bits per heavy atom. The van der Waals surface area contributed by atoms with Crippen molar-refractivity contribution in [1.82, 2.24) is 30.0 Å². The molecule has 1 aromatic carbocycles. The lowest BCUT2D eigenvalue weighted by atomic mass is 10.1. The lowest BCUT2D eigenvalue weighted by molar-refractivity contribution is 0.0614. The van der Waals surface area contributed by atoms with Gasteiger partial charge in [0.25, 0.3) is 5.91 Å². The van der Waals surface area contributed by atoms with Crippen LogP contribution in [0.5, 0.6) is 0 Å². The number of aryl methyl sites for hydroxylation is 1. The molecule has 3 heterocycles. The van der Waals surface area contributed by atoms with Gasteiger partial charge in [0.1, 0.15) is 17.6 Å². The summed E-state index contributed by atoms with van der Waals surface area (Å²) in [4.78, 5) is 19.3. The molecule has 1 atom stereocenters. The maximum atomic E-state index is 13.1. The maximum absolute atomic E-state index is 13.1. The Balaban J connectivity index is 0.00000210. The van der Waals surface area contributed by atoms with Gasteiger partial charge >= 0.3 is 0 Å². The summed E-state index contributed by atoms with van der Waals surface area (Å²) in [5.41, 5.74) is 2.09. The Bertz CT molecular complexity index is 920. The number of amides is 1. The molecule has 1 aliphatic heterocycles. The van der Waals surface area contributed by atoms with Crippen LogP contribution in [0.25, 0.3) is 11.3 Å². The number of benzene rings is 1. The van der Waals surface area contributed by atoms with Crippen molar-refractivity contribution in [1.29, 1.82) is 0 Å². The summed E-state index contributed by atoms with van der Waals surface area (Å²) in [6, 6.07) is 9.05. The molecule has 1 aliphatic rings. The van der Waals surface area contributed by atoms with E-state index in [1.165, 1.54) is 0 Å². The van der Waals surface area contributed by atoms with E-state index in [-0.39, 0.29) is 24.4 Å². The van der Waals surface area contributed by atoms with Crippen molar-refractivity contribution in [2.75, 3.05) is 19.6 Å². The third-order valence-electron chi connectivity index (χ3n) is 4.61. The summed E-state index contributed by atoms with van der Waals surface area (Å²) in [5.74, 6) is 0.787. The number of halogens is 2. The molecule has 0 spiro atoms. The lowest BCUT2D eigenvalue weighted by Gasteiger charge is -2.35. The van der Waals surface area contributed by atoms with Gasteiger partial charge in [-0.25, -0.2) is 4.98 Å². The first-order valence-electron chi connectivity index (χ1n) is 8.44. The number of hydrogen-bond donors (Lipinski definition) is 2. The van der Waals surface area contributed by atoms with E-state index in [1.54, 1.807) is 24.4 Å². The SMILES string of the molecule is Cl.Cn1ccnc1C1CNCCN1C(=O)c1cc(-c2ccc(Cl)cc2)n[nH]1. The van der Waals surface area contributed by atoms with Crippen LogP contribution in [0.1, 0.15) is 22.4 Å². The zero-order chi connectivity index (χ0) is 18.1. The van der Waals surface area contributed by atoms with E-state index in [0.717, 1.165) is 17.9 Å². The molecular weight excluding hydrogens is 387 g/mol. The molecule has 2 N–H and O–H groups in total. The number of aromatic amines is 1. The van der Waals surface area contributed by atoms with E-state index in [2.05, 4.69) is 20.5 Å². The highest BCUT2D eigenvalue weighted by molar-refractivity contribution is 6.30. The molecule has 7 nitrogen and oxygen atoms in total. The third kappa shape index (κ3) is 3.85. The van der Waals surface area contributed by atoms with E-state index < -0.39 is 0 Å². The van der Waals surface area contributed by atoms with Crippen molar-refractivity contribution >= 4 is 29.9 Å². The second kappa shape index (κ2) is 8.12. The fourth-order valence-corrected chi connectivity index (χ4v) is 3.36. The minimum Gasteiger partial charge on any atom is -0.336 e. The van der Waals surface area contributed by atoms with Gasteiger partial charge in [0.05, 0.1) is 5.69 Å². The fourth-order valence-electron chi connectivity index (χ4n) is 3.23. The first kappa shape index (κ1) is 19.4. The Labute approximate surface area is 168 Å². The van der Waals surface area contributed by atoms with Gasteiger partial charge in [-0.15, -0.1) is 12.4 Å². The van der Waals surface area contributed by atoms with Gasteiger partial charge in [0.2, 0.25) is 0 Å². The standard InChI is InChI=1S/C18H19ClN6O.ClH/c1-24-8-7-21-17(24)16-11-20-6-9-25(16)18(26)15-10-14(22-23-15)12-2-4-13(19)5-3-12;/h2-5,7-8,10,16,20H,6,9,11H2,1H3,(H,22,23);1H. The smallest absolute Gasteiger partial charge is 0.272 e. The van der Waals surface area contributed by atoms with E-state index in [9.17, 15) is 4.79 Å². The van der Waals surface area contributed by atoms with E-state index in [0.29, 0.717) is 29.5 Å². The topological polar surface area (TPSA) is 78.8 Å². The molecule has 0 aliphatic carbocycles. The first-order chi connectivity index (χ1) is 12.6. The third-order valence-corrected chi connectivity index (χ3v) is 4.86. The van der Waals surface area contributed by atoms with Crippen molar-refractivity contribution in [2.45, 2.75) is 6.04 Å². The molecule has 9 heteroatoms. The number of nitrogens with zero attached hydrogens (tertiary/aromatic N) is 4. The second-order valence-corrected chi connectivity index (χ2v) is 6.73. The Morgan fingerprint density at radius 2 is 2.07 bits per heavy atom. The van der Waals surface area contributed by atoms with Crippen molar-refractivity contribution < 1.29 is 4.79 Å². The highest BCUT2D eigenvalue weighted by Crippen LogP contribution is 2.24. The Hall–Kier alpha value is -2.35. The van der Waals surface area contributed by atoms with Crippen LogP contribution in [-0.4, -0.2) is 50.2 Å². The predicted molar refractivity (Wildman–Crippen MR) is 106 cm³/mol. The van der Waals surface area contributed by atoms with Gasteiger partial charge in [-0.05, 0) is 18.2 Å². The predicted octanol–water partition coefficient (Wildman–Crippen LogP) is 2.67. The van der Waals surface area contributed by atoms with Crippen molar-refractivity contribution in [3.8, 4) is 11.3 Å². The first-order valence-corrected chi connectivity index (χ1v) is 8.81. The maximum Gasteiger partial charge on any atom is 0.272 e. The highest BCUT2D eigenvalue weighted by atomic mass is 35.5. The molecule has 1 unspecified atom stereocenters. The summed E-state index contributed by atoms with van der Waals surface area (Å²) in [6.07, 6.45) is 3.64. The molecule has 0 radical (unpaired) electrons. The van der Waals surface area contributed by atoms with Crippen LogP contribution < -0.4 is 5.32 Å². The van der Waals surface area contributed by atoms with E-state index in [1.807, 2.05) is 34.8 Å². The highest BCUT2D eigenvalue weighted by Gasteiger charge is 2.31. The number of H-pyrrole nitrogens is 1. The Morgan fingerprint density at radius 3 is 2.78 bits per heavy atom. The molecule has 3 aromatic rings. The van der Waals surface area contributed by atoms with Crippen LogP contribution in [-0.2, 0) is 7.05 Å². The van der Waals surface area contributed by atoms with E-state index in [4.69, 9.17) is 11.6 Å². The summed E-state index contributed by atoms with van der Waals surface area (Å²) in [6.45, 7) is 2.05. The van der Waals surface area contributed by atoms with Crippen LogP contribution in [0.4, 0.5) is 0 Å². The quantitative estimate of drug-likeness (QED) is 0.700. The monoisotopic (exact) mass is 406 g/mol. The number of rotatable bonds is 3. The van der Waals surface area contributed by atoms with Gasteiger partial charge in [-0.3, -0.25) is 9.89 Å². The molecular formula is C18H20Cl2N6O. The number of carbonyl (C=O) groups is 1. The van der Waals surface area contributed by atoms with Gasteiger partial charge < -0.3 is 14.8 Å².